The molecule has 1 fully saturated rings. The molecular weight excluding hydrogens is 522 g/mol. The molecule has 0 radical (unpaired) electrons. The molecule has 216 valence electrons. The summed E-state index contributed by atoms with van der Waals surface area (Å²) in [5.74, 6) is -3.39. The number of para-hydroxylation sites is 1. The molecule has 1 aliphatic rings. The van der Waals surface area contributed by atoms with Gasteiger partial charge in [-0.15, -0.1) is 0 Å². The zero-order valence-electron chi connectivity index (χ0n) is 23.6. The molecule has 3 aromatic rings. The van der Waals surface area contributed by atoms with Gasteiger partial charge in [-0.05, 0) is 42.9 Å². The van der Waals surface area contributed by atoms with Crippen molar-refractivity contribution in [3.8, 4) is 0 Å². The highest BCUT2D eigenvalue weighted by atomic mass is 16.2. The fraction of sp³-hybridized carbons (Fsp3) is 0.387. The molecule has 10 heteroatoms. The number of benzene rings is 2. The predicted octanol–water partition coefficient (Wildman–Crippen LogP) is 2.22. The first kappa shape index (κ1) is 29.5. The van der Waals surface area contributed by atoms with Gasteiger partial charge < -0.3 is 25.8 Å². The minimum atomic E-state index is -1.23. The number of fused-ring (bicyclic) bond motifs is 1. The molecule has 0 saturated carbocycles. The largest absolute Gasteiger partial charge is 0.356 e. The number of ketones is 1. The molecule has 0 unspecified atom stereocenters. The first-order chi connectivity index (χ1) is 19.6. The Bertz CT molecular complexity index is 1430. The maximum atomic E-state index is 13.6. The first-order valence-electron chi connectivity index (χ1n) is 13.9. The molecule has 0 aliphatic carbocycles. The molecule has 4 rings (SSSR count). The molecular formula is C31H37N5O5. The highest BCUT2D eigenvalue weighted by molar-refractivity contribution is 6.38. The summed E-state index contributed by atoms with van der Waals surface area (Å²) < 4.78 is 1.76. The average Bonchev–Trinajstić information content (AvgIpc) is 3.52. The lowest BCUT2D eigenvalue weighted by atomic mass is 9.94. The molecule has 0 bridgehead atoms. The number of hydrogen-bond acceptors (Lipinski definition) is 5. The van der Waals surface area contributed by atoms with Gasteiger partial charge in [0, 0.05) is 37.0 Å². The summed E-state index contributed by atoms with van der Waals surface area (Å²) in [5.41, 5.74) is 2.09. The molecule has 10 nitrogen and oxygen atoms in total. The van der Waals surface area contributed by atoms with Crippen LogP contribution in [0.4, 0.5) is 0 Å². The Balaban J connectivity index is 1.50. The maximum absolute atomic E-state index is 13.6. The number of nitrogens with zero attached hydrogens (tertiary/aromatic N) is 1. The zero-order valence-corrected chi connectivity index (χ0v) is 23.6. The number of nitrogens with one attached hydrogen (secondary N) is 4. The summed E-state index contributed by atoms with van der Waals surface area (Å²) in [7, 11) is 1.78. The van der Waals surface area contributed by atoms with Crippen molar-refractivity contribution in [1.29, 1.82) is 0 Å². The lowest BCUT2D eigenvalue weighted by Crippen LogP contribution is -2.55. The van der Waals surface area contributed by atoms with Crippen molar-refractivity contribution < 1.29 is 24.0 Å². The van der Waals surface area contributed by atoms with Crippen LogP contribution in [0.15, 0.2) is 60.7 Å². The van der Waals surface area contributed by atoms with E-state index in [1.165, 1.54) is 0 Å². The van der Waals surface area contributed by atoms with Gasteiger partial charge in [0.15, 0.2) is 0 Å². The summed E-state index contributed by atoms with van der Waals surface area (Å²) >= 11 is 0. The average molecular weight is 560 g/mol. The van der Waals surface area contributed by atoms with Crippen molar-refractivity contribution in [2.24, 2.45) is 18.9 Å². The quantitative estimate of drug-likeness (QED) is 0.252. The van der Waals surface area contributed by atoms with Gasteiger partial charge in [0.05, 0.1) is 6.04 Å². The molecule has 0 spiro atoms. The predicted molar refractivity (Wildman–Crippen MR) is 155 cm³/mol. The number of amides is 4. The van der Waals surface area contributed by atoms with Crippen LogP contribution in [0.3, 0.4) is 0 Å². The Hall–Kier alpha value is -4.47. The van der Waals surface area contributed by atoms with Crippen molar-refractivity contribution in [2.45, 2.75) is 51.7 Å². The van der Waals surface area contributed by atoms with Crippen molar-refractivity contribution in [3.63, 3.8) is 0 Å². The number of Topliss-reactive ketones (excluding diaryl/α,β-unsaturated/α-hetero) is 1. The summed E-state index contributed by atoms with van der Waals surface area (Å²) in [6.07, 6.45) is 0.796. The second-order valence-corrected chi connectivity index (χ2v) is 10.9. The van der Waals surface area contributed by atoms with Crippen molar-refractivity contribution in [3.05, 3.63) is 71.9 Å². The van der Waals surface area contributed by atoms with Gasteiger partial charge in [0.2, 0.25) is 17.6 Å². The minimum Gasteiger partial charge on any atom is -0.356 e. The highest BCUT2D eigenvalue weighted by Crippen LogP contribution is 2.20. The molecule has 1 aliphatic heterocycles. The molecule has 2 heterocycles. The van der Waals surface area contributed by atoms with Crippen molar-refractivity contribution in [2.75, 3.05) is 6.54 Å². The topological polar surface area (TPSA) is 138 Å². The molecule has 2 aromatic carbocycles. The van der Waals surface area contributed by atoms with Crippen LogP contribution in [0, 0.1) is 11.8 Å². The van der Waals surface area contributed by atoms with Crippen LogP contribution in [0.1, 0.15) is 49.2 Å². The third-order valence-corrected chi connectivity index (χ3v) is 7.35. The number of carbonyl (C=O) groups is 5. The van der Waals surface area contributed by atoms with Gasteiger partial charge in [-0.3, -0.25) is 24.0 Å². The van der Waals surface area contributed by atoms with Crippen LogP contribution >= 0.6 is 0 Å². The van der Waals surface area contributed by atoms with Gasteiger partial charge in [-0.2, -0.15) is 0 Å². The van der Waals surface area contributed by atoms with E-state index in [1.54, 1.807) is 17.7 Å². The van der Waals surface area contributed by atoms with E-state index < -0.39 is 41.5 Å². The normalized spacial score (nSPS) is 16.2. The maximum Gasteiger partial charge on any atom is 0.289 e. The monoisotopic (exact) mass is 559 g/mol. The summed E-state index contributed by atoms with van der Waals surface area (Å²) in [5, 5.41) is 11.8. The number of rotatable bonds is 12. The Kier molecular flexibility index (Phi) is 9.54. The summed E-state index contributed by atoms with van der Waals surface area (Å²) in [4.78, 5) is 65.3. The van der Waals surface area contributed by atoms with Crippen molar-refractivity contribution in [1.82, 2.24) is 25.8 Å². The lowest BCUT2D eigenvalue weighted by molar-refractivity contribution is -0.141. The van der Waals surface area contributed by atoms with Gasteiger partial charge in [0.1, 0.15) is 11.7 Å². The molecule has 4 amide bonds. The van der Waals surface area contributed by atoms with Crippen molar-refractivity contribution >= 4 is 40.3 Å². The zero-order chi connectivity index (χ0) is 29.5. The van der Waals surface area contributed by atoms with Gasteiger partial charge >= 0.3 is 0 Å². The Morgan fingerprint density at radius 3 is 2.34 bits per heavy atom. The molecule has 1 aromatic heterocycles. The van der Waals surface area contributed by atoms with Crippen LogP contribution in [0.5, 0.6) is 0 Å². The minimum absolute atomic E-state index is 0.0132. The second-order valence-electron chi connectivity index (χ2n) is 10.9. The van der Waals surface area contributed by atoms with Crippen LogP contribution in [0.2, 0.25) is 0 Å². The lowest BCUT2D eigenvalue weighted by Gasteiger charge is -2.25. The first-order valence-corrected chi connectivity index (χ1v) is 13.9. The summed E-state index contributed by atoms with van der Waals surface area (Å²) in [6, 6.07) is 16.3. The van der Waals surface area contributed by atoms with Gasteiger partial charge in [-0.1, -0.05) is 62.4 Å². The van der Waals surface area contributed by atoms with E-state index in [1.807, 2.05) is 68.4 Å². The molecule has 41 heavy (non-hydrogen) atoms. The summed E-state index contributed by atoms with van der Waals surface area (Å²) in [6.45, 7) is 4.46. The van der Waals surface area contributed by atoms with Crippen LogP contribution in [-0.2, 0) is 32.8 Å². The number of aryl methyl sites for hydroxylation is 1. The second kappa shape index (κ2) is 13.3. The van der Waals surface area contributed by atoms with E-state index in [-0.39, 0.29) is 24.8 Å². The van der Waals surface area contributed by atoms with Crippen LogP contribution in [0.25, 0.3) is 10.9 Å². The standard InChI is InChI=1S/C31H37N5O5/c1-19(2)15-24(35-30(40)26-17-21-11-7-8-12-25(21)36(26)3)29(39)34-23(16-22-13-14-32-28(22)38)27(37)31(41)33-18-20-9-5-4-6-10-20/h4-12,17,19,22-24H,13-16,18H2,1-3H3,(H,32,38)(H,33,41)(H,34,39)(H,35,40)/t22-,23-,24-/m0/s1. The Morgan fingerprint density at radius 2 is 1.68 bits per heavy atom. The number of aromatic nitrogens is 1. The SMILES string of the molecule is CC(C)C[C@H](NC(=O)c1cc2ccccc2n1C)C(=O)N[C@@H](C[C@@H]1CCNC1=O)C(=O)C(=O)NCc1ccccc1. The van der Waals surface area contributed by atoms with E-state index in [4.69, 9.17) is 0 Å². The third-order valence-electron chi connectivity index (χ3n) is 7.35. The molecule has 1 saturated heterocycles. The van der Waals surface area contributed by atoms with Crippen LogP contribution < -0.4 is 21.3 Å². The fourth-order valence-electron chi connectivity index (χ4n) is 5.12. The highest BCUT2D eigenvalue weighted by Gasteiger charge is 2.35. The smallest absolute Gasteiger partial charge is 0.289 e. The van der Waals surface area contributed by atoms with Crippen LogP contribution in [-0.4, -0.2) is 52.6 Å². The van der Waals surface area contributed by atoms with Gasteiger partial charge in [0.25, 0.3) is 11.8 Å². The number of carbonyl (C=O) groups excluding carboxylic acids is 5. The van der Waals surface area contributed by atoms with E-state index >= 15 is 0 Å². The number of hydrogen-bond donors (Lipinski definition) is 4. The van der Waals surface area contributed by atoms with E-state index in [2.05, 4.69) is 21.3 Å². The fourth-order valence-corrected chi connectivity index (χ4v) is 5.12. The molecule has 4 N–H and O–H groups in total. The van der Waals surface area contributed by atoms with E-state index in [9.17, 15) is 24.0 Å². The third kappa shape index (κ3) is 7.39. The van der Waals surface area contributed by atoms with Gasteiger partial charge in [-0.25, -0.2) is 0 Å². The Morgan fingerprint density at radius 1 is 0.976 bits per heavy atom. The van der Waals surface area contributed by atoms with E-state index in [0.29, 0.717) is 25.1 Å². The van der Waals surface area contributed by atoms with E-state index in [0.717, 1.165) is 16.5 Å². The Labute approximate surface area is 239 Å². The molecule has 3 atom stereocenters.